The first-order valence-electron chi connectivity index (χ1n) is 6.85. The second-order valence-corrected chi connectivity index (χ2v) is 4.80. The Labute approximate surface area is 141 Å². The van der Waals surface area contributed by atoms with Crippen molar-refractivity contribution in [1.29, 1.82) is 0 Å². The summed E-state index contributed by atoms with van der Waals surface area (Å²) < 4.78 is 0. The Kier molecular flexibility index (Phi) is 11.3. The molecule has 0 spiro atoms. The predicted octanol–water partition coefficient (Wildman–Crippen LogP) is 1.29. The molecule has 0 aromatic heterocycles. The first kappa shape index (κ1) is 20.5. The van der Waals surface area contributed by atoms with Crippen molar-refractivity contribution >= 4 is 35.9 Å². The Morgan fingerprint density at radius 1 is 1.05 bits per heavy atom. The van der Waals surface area contributed by atoms with Gasteiger partial charge in [-0.15, -0.1) is 12.4 Å². The van der Waals surface area contributed by atoms with Crippen LogP contribution in [0.2, 0.25) is 5.02 Å². The fourth-order valence-corrected chi connectivity index (χ4v) is 1.66. The highest BCUT2D eigenvalue weighted by Crippen LogP contribution is 2.08. The van der Waals surface area contributed by atoms with Crippen LogP contribution in [0.25, 0.3) is 0 Å². The van der Waals surface area contributed by atoms with Crippen LogP contribution in [0.4, 0.5) is 4.79 Å². The Balaban J connectivity index is 0.00000441. The number of halogens is 2. The summed E-state index contributed by atoms with van der Waals surface area (Å²) in [5.74, 6) is -0.213. The van der Waals surface area contributed by atoms with Crippen LogP contribution in [0.5, 0.6) is 0 Å². The maximum atomic E-state index is 11.5. The van der Waals surface area contributed by atoms with Crippen molar-refractivity contribution in [1.82, 2.24) is 21.3 Å². The van der Waals surface area contributed by atoms with E-state index in [1.54, 1.807) is 12.1 Å². The van der Waals surface area contributed by atoms with Crippen molar-refractivity contribution in [3.63, 3.8) is 0 Å². The third kappa shape index (κ3) is 9.44. The summed E-state index contributed by atoms with van der Waals surface area (Å²) >= 11 is 5.77. The Bertz CT molecular complexity index is 455. The zero-order valence-electron chi connectivity index (χ0n) is 12.4. The molecule has 6 nitrogen and oxygen atoms in total. The monoisotopic (exact) mass is 348 g/mol. The van der Waals surface area contributed by atoms with Crippen LogP contribution in [0.15, 0.2) is 24.3 Å². The van der Waals surface area contributed by atoms with Crippen molar-refractivity contribution in [2.45, 2.75) is 13.5 Å². The quantitative estimate of drug-likeness (QED) is 0.534. The van der Waals surface area contributed by atoms with Gasteiger partial charge in [-0.3, -0.25) is 4.79 Å². The number of benzene rings is 1. The SMILES string of the molecule is CCNCCNC(=O)CNC(=O)NCc1ccc(Cl)cc1.Cl. The Morgan fingerprint density at radius 2 is 1.73 bits per heavy atom. The van der Waals surface area contributed by atoms with E-state index in [9.17, 15) is 9.59 Å². The molecule has 1 aromatic rings. The van der Waals surface area contributed by atoms with E-state index in [2.05, 4.69) is 21.3 Å². The minimum absolute atomic E-state index is 0. The van der Waals surface area contributed by atoms with E-state index < -0.39 is 0 Å². The molecule has 0 saturated heterocycles. The molecule has 3 amide bonds. The molecule has 0 radical (unpaired) electrons. The summed E-state index contributed by atoms with van der Waals surface area (Å²) in [6, 6.07) is 6.79. The number of hydrogen-bond acceptors (Lipinski definition) is 3. The van der Waals surface area contributed by atoms with Crippen molar-refractivity contribution in [3.8, 4) is 0 Å². The van der Waals surface area contributed by atoms with Gasteiger partial charge in [0.25, 0.3) is 0 Å². The normalized spacial score (nSPS) is 9.55. The molecule has 1 rings (SSSR count). The summed E-state index contributed by atoms with van der Waals surface area (Å²) in [7, 11) is 0. The highest BCUT2D eigenvalue weighted by atomic mass is 35.5. The molecule has 0 atom stereocenters. The molecule has 124 valence electrons. The summed E-state index contributed by atoms with van der Waals surface area (Å²) in [6.07, 6.45) is 0. The van der Waals surface area contributed by atoms with Gasteiger partial charge in [0.2, 0.25) is 5.91 Å². The molecule has 4 N–H and O–H groups in total. The van der Waals surface area contributed by atoms with E-state index in [-0.39, 0.29) is 30.9 Å². The molecule has 0 unspecified atom stereocenters. The maximum absolute atomic E-state index is 11.5. The molecule has 1 aromatic carbocycles. The van der Waals surface area contributed by atoms with E-state index in [4.69, 9.17) is 11.6 Å². The second kappa shape index (κ2) is 12.1. The average molecular weight is 349 g/mol. The largest absolute Gasteiger partial charge is 0.353 e. The first-order valence-corrected chi connectivity index (χ1v) is 7.23. The van der Waals surface area contributed by atoms with Crippen molar-refractivity contribution < 1.29 is 9.59 Å². The van der Waals surface area contributed by atoms with Gasteiger partial charge < -0.3 is 21.3 Å². The second-order valence-electron chi connectivity index (χ2n) is 4.37. The van der Waals surface area contributed by atoms with E-state index in [1.807, 2.05) is 19.1 Å². The van der Waals surface area contributed by atoms with E-state index in [1.165, 1.54) is 0 Å². The number of urea groups is 1. The van der Waals surface area contributed by atoms with Gasteiger partial charge in [-0.1, -0.05) is 30.7 Å². The number of carbonyl (C=O) groups is 2. The minimum Gasteiger partial charge on any atom is -0.353 e. The van der Waals surface area contributed by atoms with Crippen molar-refractivity contribution in [2.75, 3.05) is 26.2 Å². The van der Waals surface area contributed by atoms with Gasteiger partial charge in [0.05, 0.1) is 6.54 Å². The van der Waals surface area contributed by atoms with Gasteiger partial charge in [-0.25, -0.2) is 4.79 Å². The van der Waals surface area contributed by atoms with Crippen LogP contribution in [-0.2, 0) is 11.3 Å². The van der Waals surface area contributed by atoms with Gasteiger partial charge in [0.1, 0.15) is 0 Å². The third-order valence-electron chi connectivity index (χ3n) is 2.65. The molecule has 22 heavy (non-hydrogen) atoms. The standard InChI is InChI=1S/C14H21ClN4O2.ClH/c1-2-16-7-8-17-13(20)10-19-14(21)18-9-11-3-5-12(15)6-4-11;/h3-6,16H,2,7-10H2,1H3,(H,17,20)(H2,18,19,21);1H. The van der Waals surface area contributed by atoms with Crippen molar-refractivity contribution in [3.05, 3.63) is 34.9 Å². The van der Waals surface area contributed by atoms with Crippen molar-refractivity contribution in [2.24, 2.45) is 0 Å². The number of hydrogen-bond donors (Lipinski definition) is 4. The van der Waals surface area contributed by atoms with E-state index in [0.29, 0.717) is 24.7 Å². The number of carbonyl (C=O) groups excluding carboxylic acids is 2. The topological polar surface area (TPSA) is 82.3 Å². The number of amides is 3. The Hall–Kier alpha value is -1.50. The van der Waals surface area contributed by atoms with Crippen LogP contribution in [0, 0.1) is 0 Å². The highest BCUT2D eigenvalue weighted by Gasteiger charge is 2.04. The molecule has 0 saturated carbocycles. The molecule has 0 aliphatic carbocycles. The molecule has 8 heteroatoms. The molecule has 0 fully saturated rings. The fourth-order valence-electron chi connectivity index (χ4n) is 1.54. The smallest absolute Gasteiger partial charge is 0.315 e. The van der Waals surface area contributed by atoms with Crippen LogP contribution >= 0.6 is 24.0 Å². The lowest BCUT2D eigenvalue weighted by Crippen LogP contribution is -2.43. The highest BCUT2D eigenvalue weighted by molar-refractivity contribution is 6.30. The van der Waals surface area contributed by atoms with E-state index >= 15 is 0 Å². The predicted molar refractivity (Wildman–Crippen MR) is 90.5 cm³/mol. The fraction of sp³-hybridized carbons (Fsp3) is 0.429. The lowest BCUT2D eigenvalue weighted by molar-refractivity contribution is -0.120. The molecule has 0 heterocycles. The van der Waals surface area contributed by atoms with Gasteiger partial charge in [0, 0.05) is 24.7 Å². The molecule has 0 bridgehead atoms. The summed E-state index contributed by atoms with van der Waals surface area (Å²) in [5, 5.41) is 11.6. The summed E-state index contributed by atoms with van der Waals surface area (Å²) in [4.78, 5) is 22.9. The number of rotatable bonds is 8. The summed E-state index contributed by atoms with van der Waals surface area (Å²) in [6.45, 7) is 4.45. The van der Waals surface area contributed by atoms with Gasteiger partial charge in [-0.2, -0.15) is 0 Å². The zero-order chi connectivity index (χ0) is 15.5. The number of nitrogens with one attached hydrogen (secondary N) is 4. The third-order valence-corrected chi connectivity index (χ3v) is 2.90. The molecule has 0 aliphatic heterocycles. The van der Waals surface area contributed by atoms with Crippen LogP contribution in [-0.4, -0.2) is 38.1 Å². The lowest BCUT2D eigenvalue weighted by Gasteiger charge is -2.08. The minimum atomic E-state index is -0.383. The zero-order valence-corrected chi connectivity index (χ0v) is 14.0. The van der Waals surface area contributed by atoms with E-state index in [0.717, 1.165) is 12.1 Å². The average Bonchev–Trinajstić information content (AvgIpc) is 2.49. The molecule has 0 aliphatic rings. The van der Waals surface area contributed by atoms with Gasteiger partial charge in [0.15, 0.2) is 0 Å². The Morgan fingerprint density at radius 3 is 2.36 bits per heavy atom. The van der Waals surface area contributed by atoms with Crippen LogP contribution in [0.1, 0.15) is 12.5 Å². The van der Waals surface area contributed by atoms with Gasteiger partial charge in [-0.05, 0) is 24.2 Å². The maximum Gasteiger partial charge on any atom is 0.315 e. The van der Waals surface area contributed by atoms with Crippen LogP contribution < -0.4 is 21.3 Å². The van der Waals surface area contributed by atoms with Crippen LogP contribution in [0.3, 0.4) is 0 Å². The summed E-state index contributed by atoms with van der Waals surface area (Å²) in [5.41, 5.74) is 0.935. The van der Waals surface area contributed by atoms with Gasteiger partial charge >= 0.3 is 6.03 Å². The molecular weight excluding hydrogens is 327 g/mol. The number of likely N-dealkylation sites (N-methyl/N-ethyl adjacent to an activating group) is 1. The lowest BCUT2D eigenvalue weighted by atomic mass is 10.2. The first-order chi connectivity index (χ1) is 10.1. The molecular formula is C14H22Cl2N4O2.